The van der Waals surface area contributed by atoms with Crippen molar-refractivity contribution in [2.45, 2.75) is 0 Å². The lowest BCUT2D eigenvalue weighted by molar-refractivity contribution is 0.0610. The zero-order valence-corrected chi connectivity index (χ0v) is 18.9. The molecule has 0 aliphatic carbocycles. The summed E-state index contributed by atoms with van der Waals surface area (Å²) in [6.07, 6.45) is 0. The minimum atomic E-state index is -0.492. The first kappa shape index (κ1) is 21.4. The molecule has 3 aromatic rings. The number of imide groups is 1. The molecule has 4 amide bonds. The van der Waals surface area contributed by atoms with Crippen molar-refractivity contribution in [2.24, 2.45) is 0 Å². The number of amides is 4. The summed E-state index contributed by atoms with van der Waals surface area (Å²) in [4.78, 5) is 39.8. The smallest absolute Gasteiger partial charge is 0.323 e. The first-order valence-corrected chi connectivity index (χ1v) is 10.8. The Labute approximate surface area is 199 Å². The molecule has 5 rings (SSSR count). The van der Waals surface area contributed by atoms with Crippen molar-refractivity contribution in [2.75, 3.05) is 30.5 Å². The fraction of sp³-hybridized carbons (Fsp3) is 0.136. The molecule has 11 heteroatoms. The highest BCUT2D eigenvalue weighted by Gasteiger charge is 2.33. The number of urea groups is 1. The fourth-order valence-electron chi connectivity index (χ4n) is 3.89. The van der Waals surface area contributed by atoms with Crippen molar-refractivity contribution >= 4 is 65.6 Å². The van der Waals surface area contributed by atoms with Crippen LogP contribution < -0.4 is 20.1 Å². The molecule has 2 aliphatic heterocycles. The number of anilines is 2. The maximum absolute atomic E-state index is 13.1. The molecule has 0 fully saturated rings. The number of carbonyl (C=O) groups is 3. The second-order valence-electron chi connectivity index (χ2n) is 7.43. The van der Waals surface area contributed by atoms with Crippen molar-refractivity contribution in [3.8, 4) is 11.5 Å². The molecule has 2 aliphatic rings. The minimum absolute atomic E-state index is 0.128. The maximum atomic E-state index is 13.1. The van der Waals surface area contributed by atoms with E-state index in [0.717, 1.165) is 4.90 Å². The van der Waals surface area contributed by atoms with Gasteiger partial charge in [-0.1, -0.05) is 37.8 Å². The van der Waals surface area contributed by atoms with E-state index in [1.165, 1.54) is 3.71 Å². The molecule has 2 N–H and O–H groups in total. The van der Waals surface area contributed by atoms with E-state index in [4.69, 9.17) is 9.47 Å². The van der Waals surface area contributed by atoms with Crippen LogP contribution >= 0.6 is 25.6 Å². The average molecular weight is 483 g/mol. The number of rotatable bonds is 5. The number of nitrogens with one attached hydrogen (secondary N) is 2. The summed E-state index contributed by atoms with van der Waals surface area (Å²) >= 11 is 8.11. The van der Waals surface area contributed by atoms with E-state index < -0.39 is 11.9 Å². The first-order valence-electron chi connectivity index (χ1n) is 9.96. The van der Waals surface area contributed by atoms with Gasteiger partial charge in [-0.2, -0.15) is 3.71 Å². The predicted octanol–water partition coefficient (Wildman–Crippen LogP) is 3.80. The lowest BCUT2D eigenvalue weighted by Gasteiger charge is -2.28. The first-order chi connectivity index (χ1) is 15.9. The Balaban J connectivity index is 1.42. The van der Waals surface area contributed by atoms with Crippen LogP contribution in [0.2, 0.25) is 0 Å². The number of ether oxygens (including phenoxy) is 2. The summed E-state index contributed by atoms with van der Waals surface area (Å²) in [5, 5.41) is 6.73. The van der Waals surface area contributed by atoms with Gasteiger partial charge in [-0.15, -0.1) is 0 Å². The molecular weight excluding hydrogens is 464 g/mol. The zero-order chi connectivity index (χ0) is 23.1. The van der Waals surface area contributed by atoms with Crippen LogP contribution in [0.5, 0.6) is 11.5 Å². The molecule has 2 heterocycles. The van der Waals surface area contributed by atoms with Crippen molar-refractivity contribution in [1.82, 2.24) is 8.61 Å². The molecule has 0 aromatic heterocycles. The maximum Gasteiger partial charge on any atom is 0.323 e. The lowest BCUT2D eigenvalue weighted by Crippen LogP contribution is -2.42. The van der Waals surface area contributed by atoms with Gasteiger partial charge in [0.2, 0.25) is 6.79 Å². The highest BCUT2D eigenvalue weighted by Crippen LogP contribution is 2.35. The van der Waals surface area contributed by atoms with Crippen LogP contribution in [-0.2, 0) is 0 Å². The summed E-state index contributed by atoms with van der Waals surface area (Å²) in [5.74, 6) is 0.351. The second kappa shape index (κ2) is 8.50. The van der Waals surface area contributed by atoms with Gasteiger partial charge in [0.05, 0.1) is 5.56 Å². The standard InChI is InChI=1S/C22H18N4O5S2/c27-20-15-3-1-2-12-8-14(9-16(19(12)15)21(28)25(20)6-7-26(32)33)24-22(29)23-13-4-5-17-18(10-13)31-11-30-17/h1-5,8-10,32-33H,6-7,11H2,(H2,23,24,29). The Bertz CT molecular complexity index is 1310. The Morgan fingerprint density at radius 2 is 1.70 bits per heavy atom. The van der Waals surface area contributed by atoms with E-state index in [0.29, 0.717) is 44.8 Å². The van der Waals surface area contributed by atoms with Crippen LogP contribution in [-0.4, -0.2) is 46.3 Å². The van der Waals surface area contributed by atoms with E-state index in [-0.39, 0.29) is 25.8 Å². The van der Waals surface area contributed by atoms with Crippen molar-refractivity contribution in [3.63, 3.8) is 0 Å². The average Bonchev–Trinajstić information content (AvgIpc) is 3.24. The summed E-state index contributed by atoms with van der Waals surface area (Å²) in [5.41, 5.74) is 1.71. The third-order valence-corrected chi connectivity index (χ3v) is 5.74. The van der Waals surface area contributed by atoms with Crippen LogP contribution in [0.25, 0.3) is 10.8 Å². The largest absolute Gasteiger partial charge is 0.454 e. The van der Waals surface area contributed by atoms with Gasteiger partial charge in [0, 0.05) is 41.5 Å². The normalized spacial score (nSPS) is 14.2. The van der Waals surface area contributed by atoms with Crippen molar-refractivity contribution in [1.29, 1.82) is 0 Å². The van der Waals surface area contributed by atoms with E-state index >= 15 is 0 Å². The Morgan fingerprint density at radius 1 is 0.939 bits per heavy atom. The van der Waals surface area contributed by atoms with Gasteiger partial charge >= 0.3 is 6.03 Å². The highest BCUT2D eigenvalue weighted by atomic mass is 32.2. The van der Waals surface area contributed by atoms with Crippen molar-refractivity contribution < 1.29 is 23.9 Å². The predicted molar refractivity (Wildman–Crippen MR) is 129 cm³/mol. The molecule has 0 spiro atoms. The van der Waals surface area contributed by atoms with Crippen LogP contribution in [0.4, 0.5) is 16.2 Å². The fourth-order valence-corrected chi connectivity index (χ4v) is 4.07. The van der Waals surface area contributed by atoms with Crippen molar-refractivity contribution in [3.05, 3.63) is 59.7 Å². The molecule has 0 atom stereocenters. The Kier molecular flexibility index (Phi) is 5.52. The minimum Gasteiger partial charge on any atom is -0.454 e. The third-order valence-electron chi connectivity index (χ3n) is 5.34. The lowest BCUT2D eigenvalue weighted by atomic mass is 9.93. The SMILES string of the molecule is O=C(Nc1ccc2c(c1)OCO2)Nc1cc2c3c(cccc3c1)C(=O)N(CCN(S)S)C2=O. The molecule has 33 heavy (non-hydrogen) atoms. The van der Waals surface area contributed by atoms with Gasteiger partial charge < -0.3 is 20.1 Å². The second-order valence-corrected chi connectivity index (χ2v) is 8.71. The van der Waals surface area contributed by atoms with Crippen LogP contribution in [0.1, 0.15) is 20.7 Å². The molecule has 168 valence electrons. The van der Waals surface area contributed by atoms with Gasteiger partial charge in [0.15, 0.2) is 11.5 Å². The number of hydrogen-bond donors (Lipinski definition) is 4. The highest BCUT2D eigenvalue weighted by molar-refractivity contribution is 7.93. The van der Waals surface area contributed by atoms with E-state index in [1.807, 2.05) is 0 Å². The van der Waals surface area contributed by atoms with Gasteiger partial charge in [-0.3, -0.25) is 14.5 Å². The molecule has 0 saturated carbocycles. The summed E-state index contributed by atoms with van der Waals surface area (Å²) in [6, 6.07) is 13.1. The van der Waals surface area contributed by atoms with E-state index in [2.05, 4.69) is 36.3 Å². The molecular formula is C22H18N4O5S2. The molecule has 9 nitrogen and oxygen atoms in total. The van der Waals surface area contributed by atoms with Gasteiger partial charge in [-0.05, 0) is 35.7 Å². The van der Waals surface area contributed by atoms with Crippen LogP contribution in [0, 0.1) is 0 Å². The number of nitrogens with zero attached hydrogens (tertiary/aromatic N) is 2. The summed E-state index contributed by atoms with van der Waals surface area (Å²) in [7, 11) is 0. The summed E-state index contributed by atoms with van der Waals surface area (Å²) in [6.45, 7) is 0.550. The quantitative estimate of drug-likeness (QED) is 0.326. The number of benzene rings is 3. The zero-order valence-electron chi connectivity index (χ0n) is 17.1. The Hall–Kier alpha value is -3.41. The molecule has 3 aromatic carbocycles. The van der Waals surface area contributed by atoms with Gasteiger partial charge in [-0.25, -0.2) is 4.79 Å². The number of carbonyl (C=O) groups excluding carboxylic acids is 3. The number of thiol groups is 2. The van der Waals surface area contributed by atoms with Crippen LogP contribution in [0.15, 0.2) is 48.5 Å². The summed E-state index contributed by atoms with van der Waals surface area (Å²) < 4.78 is 11.9. The van der Waals surface area contributed by atoms with E-state index in [9.17, 15) is 14.4 Å². The molecule has 0 bridgehead atoms. The van der Waals surface area contributed by atoms with E-state index in [1.54, 1.807) is 48.5 Å². The van der Waals surface area contributed by atoms with Gasteiger partial charge in [0.25, 0.3) is 11.8 Å². The Morgan fingerprint density at radius 3 is 2.52 bits per heavy atom. The number of fused-ring (bicyclic) bond motifs is 1. The van der Waals surface area contributed by atoms with Gasteiger partial charge in [0.1, 0.15) is 0 Å². The monoisotopic (exact) mass is 482 g/mol. The van der Waals surface area contributed by atoms with Crippen LogP contribution in [0.3, 0.4) is 0 Å². The topological polar surface area (TPSA) is 100 Å². The molecule has 0 unspecified atom stereocenters. The third kappa shape index (κ3) is 4.06. The molecule has 0 radical (unpaired) electrons. The molecule has 0 saturated heterocycles. The number of hydrogen-bond acceptors (Lipinski definition) is 8.